The Morgan fingerprint density at radius 1 is 1.25 bits per heavy atom. The second-order valence-electron chi connectivity index (χ2n) is 4.94. The molecule has 0 aromatic rings. The standard InChI is InChI=1S/C10H19BrO4S/c1-9(2,3)15-8(12)10(4,6-7-11)16(5,13)14/h6-7H2,1-5H3. The van der Waals surface area contributed by atoms with E-state index in [1.807, 2.05) is 0 Å². The van der Waals surface area contributed by atoms with Crippen molar-refractivity contribution in [2.75, 3.05) is 11.6 Å². The van der Waals surface area contributed by atoms with Crippen LogP contribution in [-0.4, -0.2) is 36.3 Å². The van der Waals surface area contributed by atoms with Crippen LogP contribution in [0.3, 0.4) is 0 Å². The molecule has 0 aliphatic rings. The highest BCUT2D eigenvalue weighted by molar-refractivity contribution is 9.09. The number of esters is 1. The lowest BCUT2D eigenvalue weighted by atomic mass is 10.1. The fourth-order valence-electron chi connectivity index (χ4n) is 1.01. The van der Waals surface area contributed by atoms with E-state index in [0.29, 0.717) is 5.33 Å². The minimum absolute atomic E-state index is 0.195. The molecule has 0 aliphatic heterocycles. The van der Waals surface area contributed by atoms with Crippen molar-refractivity contribution in [3.05, 3.63) is 0 Å². The first-order chi connectivity index (χ1) is 6.94. The largest absolute Gasteiger partial charge is 0.459 e. The molecular formula is C10H19BrO4S. The van der Waals surface area contributed by atoms with Crippen molar-refractivity contribution in [3.8, 4) is 0 Å². The van der Waals surface area contributed by atoms with E-state index in [1.165, 1.54) is 6.92 Å². The quantitative estimate of drug-likeness (QED) is 0.587. The van der Waals surface area contributed by atoms with Gasteiger partial charge in [0.2, 0.25) is 0 Å². The maximum absolute atomic E-state index is 11.9. The van der Waals surface area contributed by atoms with E-state index in [0.717, 1.165) is 6.26 Å². The molecule has 0 bridgehead atoms. The van der Waals surface area contributed by atoms with Crippen LogP contribution in [-0.2, 0) is 19.4 Å². The van der Waals surface area contributed by atoms with Gasteiger partial charge in [0, 0.05) is 11.6 Å². The normalized spacial score (nSPS) is 16.6. The average Bonchev–Trinajstić information content (AvgIpc) is 1.98. The molecule has 0 heterocycles. The molecule has 16 heavy (non-hydrogen) atoms. The summed E-state index contributed by atoms with van der Waals surface area (Å²) in [6.45, 7) is 6.53. The van der Waals surface area contributed by atoms with Crippen LogP contribution in [0.2, 0.25) is 0 Å². The van der Waals surface area contributed by atoms with E-state index in [9.17, 15) is 13.2 Å². The summed E-state index contributed by atoms with van der Waals surface area (Å²) in [5.74, 6) is -0.693. The Labute approximate surface area is 106 Å². The summed E-state index contributed by atoms with van der Waals surface area (Å²) in [7, 11) is -3.50. The Balaban J connectivity index is 5.16. The molecule has 1 atom stereocenters. The predicted octanol–water partition coefficient (Wildman–Crippen LogP) is 1.92. The first-order valence-electron chi connectivity index (χ1n) is 4.93. The highest BCUT2D eigenvalue weighted by Crippen LogP contribution is 2.26. The summed E-state index contributed by atoms with van der Waals surface area (Å²) >= 11 is 3.15. The van der Waals surface area contributed by atoms with Crippen LogP contribution in [0.4, 0.5) is 0 Å². The highest BCUT2D eigenvalue weighted by Gasteiger charge is 2.45. The van der Waals surface area contributed by atoms with Crippen LogP contribution in [0, 0.1) is 0 Å². The Bertz CT molecular complexity index is 356. The van der Waals surface area contributed by atoms with Crippen molar-refractivity contribution in [3.63, 3.8) is 0 Å². The number of alkyl halides is 1. The fourth-order valence-corrected chi connectivity index (χ4v) is 2.88. The molecule has 0 saturated carbocycles. The second kappa shape index (κ2) is 5.04. The topological polar surface area (TPSA) is 60.4 Å². The minimum Gasteiger partial charge on any atom is -0.459 e. The molecule has 6 heteroatoms. The minimum atomic E-state index is -3.50. The van der Waals surface area contributed by atoms with Gasteiger partial charge < -0.3 is 4.74 Å². The van der Waals surface area contributed by atoms with E-state index in [-0.39, 0.29) is 6.42 Å². The second-order valence-corrected chi connectivity index (χ2v) is 8.18. The van der Waals surface area contributed by atoms with Crippen molar-refractivity contribution in [2.45, 2.75) is 44.5 Å². The van der Waals surface area contributed by atoms with E-state index in [4.69, 9.17) is 4.74 Å². The van der Waals surface area contributed by atoms with Gasteiger partial charge in [-0.2, -0.15) is 0 Å². The number of halogens is 1. The molecule has 0 spiro atoms. The van der Waals surface area contributed by atoms with Crippen LogP contribution in [0.25, 0.3) is 0 Å². The number of sulfone groups is 1. The van der Waals surface area contributed by atoms with Gasteiger partial charge in [-0.05, 0) is 34.1 Å². The summed E-state index contributed by atoms with van der Waals surface area (Å²) in [4.78, 5) is 11.9. The Kier molecular flexibility index (Phi) is 5.01. The molecule has 0 amide bonds. The number of rotatable bonds is 4. The van der Waals surface area contributed by atoms with Gasteiger partial charge in [-0.3, -0.25) is 4.79 Å². The van der Waals surface area contributed by atoms with Gasteiger partial charge in [-0.1, -0.05) is 15.9 Å². The lowest BCUT2D eigenvalue weighted by Gasteiger charge is -2.29. The number of carbonyl (C=O) groups excluding carboxylic acids is 1. The van der Waals surface area contributed by atoms with E-state index >= 15 is 0 Å². The van der Waals surface area contributed by atoms with Gasteiger partial charge in [0.25, 0.3) is 0 Å². The van der Waals surface area contributed by atoms with E-state index < -0.39 is 26.2 Å². The molecule has 1 unspecified atom stereocenters. The Hall–Kier alpha value is -0.100. The first kappa shape index (κ1) is 15.9. The van der Waals surface area contributed by atoms with Gasteiger partial charge in [0.15, 0.2) is 14.6 Å². The molecule has 0 aromatic carbocycles. The third-order valence-corrected chi connectivity index (χ3v) is 4.62. The number of hydrogen-bond donors (Lipinski definition) is 0. The molecule has 0 rings (SSSR count). The zero-order valence-corrected chi connectivity index (χ0v) is 12.7. The molecule has 0 fully saturated rings. The SMILES string of the molecule is CC(C)(C)OC(=O)C(C)(CCBr)S(C)(=O)=O. The lowest BCUT2D eigenvalue weighted by molar-refractivity contribution is -0.157. The predicted molar refractivity (Wildman–Crippen MR) is 67.5 cm³/mol. The van der Waals surface area contributed by atoms with Gasteiger partial charge >= 0.3 is 5.97 Å². The van der Waals surface area contributed by atoms with Crippen LogP contribution >= 0.6 is 15.9 Å². The van der Waals surface area contributed by atoms with Gasteiger partial charge in [0.05, 0.1) is 0 Å². The maximum atomic E-state index is 11.9. The van der Waals surface area contributed by atoms with Crippen molar-refractivity contribution >= 4 is 31.7 Å². The van der Waals surface area contributed by atoms with Gasteiger partial charge in [0.1, 0.15) is 5.60 Å². The van der Waals surface area contributed by atoms with Crippen LogP contribution < -0.4 is 0 Å². The molecule has 0 aromatic heterocycles. The van der Waals surface area contributed by atoms with Crippen molar-refractivity contribution in [2.24, 2.45) is 0 Å². The lowest BCUT2D eigenvalue weighted by Crippen LogP contribution is -2.47. The smallest absolute Gasteiger partial charge is 0.327 e. The van der Waals surface area contributed by atoms with Gasteiger partial charge in [-0.15, -0.1) is 0 Å². The summed E-state index contributed by atoms with van der Waals surface area (Å²) in [6, 6.07) is 0. The average molecular weight is 315 g/mol. The Morgan fingerprint density at radius 3 is 1.94 bits per heavy atom. The number of carbonyl (C=O) groups is 1. The molecule has 0 aliphatic carbocycles. The maximum Gasteiger partial charge on any atom is 0.327 e. The third kappa shape index (κ3) is 4.05. The van der Waals surface area contributed by atoms with E-state index in [1.54, 1.807) is 20.8 Å². The van der Waals surface area contributed by atoms with Crippen molar-refractivity contribution < 1.29 is 17.9 Å². The highest BCUT2D eigenvalue weighted by atomic mass is 79.9. The summed E-state index contributed by atoms with van der Waals surface area (Å²) < 4.78 is 27.0. The van der Waals surface area contributed by atoms with Crippen LogP contribution in [0.5, 0.6) is 0 Å². The summed E-state index contributed by atoms with van der Waals surface area (Å²) in [5.41, 5.74) is -0.685. The molecule has 0 saturated heterocycles. The fraction of sp³-hybridized carbons (Fsp3) is 0.900. The molecular weight excluding hydrogens is 296 g/mol. The summed E-state index contributed by atoms with van der Waals surface area (Å²) in [5, 5.41) is 0.426. The molecule has 0 N–H and O–H groups in total. The van der Waals surface area contributed by atoms with Crippen molar-refractivity contribution in [1.82, 2.24) is 0 Å². The van der Waals surface area contributed by atoms with Crippen LogP contribution in [0.15, 0.2) is 0 Å². The monoisotopic (exact) mass is 314 g/mol. The number of ether oxygens (including phenoxy) is 1. The van der Waals surface area contributed by atoms with Crippen LogP contribution in [0.1, 0.15) is 34.1 Å². The van der Waals surface area contributed by atoms with Crippen molar-refractivity contribution in [1.29, 1.82) is 0 Å². The number of hydrogen-bond acceptors (Lipinski definition) is 4. The van der Waals surface area contributed by atoms with E-state index in [2.05, 4.69) is 15.9 Å². The van der Waals surface area contributed by atoms with Gasteiger partial charge in [-0.25, -0.2) is 8.42 Å². The third-order valence-electron chi connectivity index (χ3n) is 2.22. The zero-order chi connectivity index (χ0) is 13.2. The molecule has 4 nitrogen and oxygen atoms in total. The molecule has 0 radical (unpaired) electrons. The zero-order valence-electron chi connectivity index (χ0n) is 10.3. The Morgan fingerprint density at radius 2 is 1.69 bits per heavy atom. The molecule has 96 valence electrons. The summed E-state index contributed by atoms with van der Waals surface area (Å²) in [6.07, 6.45) is 1.25. The first-order valence-corrected chi connectivity index (χ1v) is 7.94.